The van der Waals surface area contributed by atoms with Crippen LogP contribution >= 0.6 is 0 Å². The Hall–Kier alpha value is -2.24. The lowest BCUT2D eigenvalue weighted by Gasteiger charge is -2.30. The number of nitrogens with zero attached hydrogens (tertiary/aromatic N) is 1. The van der Waals surface area contributed by atoms with Crippen molar-refractivity contribution in [1.29, 1.82) is 0 Å². The Morgan fingerprint density at radius 2 is 1.80 bits per heavy atom. The van der Waals surface area contributed by atoms with Gasteiger partial charge in [-0.05, 0) is 37.5 Å². The number of carbonyl (C=O) groups excluding carboxylic acids is 2. The summed E-state index contributed by atoms with van der Waals surface area (Å²) in [7, 11) is 0. The van der Waals surface area contributed by atoms with Gasteiger partial charge in [-0.2, -0.15) is 0 Å². The fourth-order valence-electron chi connectivity index (χ4n) is 3.01. The molecule has 1 aliphatic heterocycles. The molecule has 1 heterocycles. The number of amides is 2. The van der Waals surface area contributed by atoms with E-state index in [1.165, 1.54) is 0 Å². The average molecular weight is 277 g/mol. The van der Waals surface area contributed by atoms with Crippen LogP contribution in [0.4, 0.5) is 10.1 Å². The van der Waals surface area contributed by atoms with Gasteiger partial charge in [0.05, 0.1) is 11.3 Å². The zero-order valence-corrected chi connectivity index (χ0v) is 10.5. The molecule has 1 aliphatic carbocycles. The second-order valence-electron chi connectivity index (χ2n) is 5.19. The highest BCUT2D eigenvalue weighted by Crippen LogP contribution is 2.40. The molecule has 0 radical (unpaired) electrons. The Labute approximate surface area is 114 Å². The molecule has 2 bridgehead atoms. The van der Waals surface area contributed by atoms with Crippen molar-refractivity contribution in [2.24, 2.45) is 11.8 Å². The number of imide groups is 1. The third-order valence-electron chi connectivity index (χ3n) is 4.00. The number of aromatic carboxylic acids is 1. The number of halogens is 1. The maximum absolute atomic E-state index is 13.4. The van der Waals surface area contributed by atoms with Crippen molar-refractivity contribution in [1.82, 2.24) is 0 Å². The summed E-state index contributed by atoms with van der Waals surface area (Å²) in [6, 6.07) is 3.01. The Bertz CT molecular complexity index is 606. The number of rotatable bonds is 2. The second-order valence-corrected chi connectivity index (χ2v) is 5.19. The van der Waals surface area contributed by atoms with E-state index >= 15 is 0 Å². The predicted molar refractivity (Wildman–Crippen MR) is 66.7 cm³/mol. The number of fused-ring (bicyclic) bond motifs is 2. The number of hydrogen-bond acceptors (Lipinski definition) is 3. The number of carbonyl (C=O) groups is 3. The van der Waals surface area contributed by atoms with Crippen LogP contribution in [-0.2, 0) is 9.59 Å². The quantitative estimate of drug-likeness (QED) is 0.837. The van der Waals surface area contributed by atoms with E-state index in [4.69, 9.17) is 5.11 Å². The third kappa shape index (κ3) is 1.79. The molecular weight excluding hydrogens is 265 g/mol. The molecule has 2 amide bonds. The molecule has 104 valence electrons. The minimum absolute atomic E-state index is 0.163. The van der Waals surface area contributed by atoms with E-state index < -0.39 is 23.6 Å². The van der Waals surface area contributed by atoms with Crippen molar-refractivity contribution in [2.45, 2.75) is 19.3 Å². The van der Waals surface area contributed by atoms with Crippen LogP contribution in [0.3, 0.4) is 0 Å². The molecule has 6 heteroatoms. The summed E-state index contributed by atoms with van der Waals surface area (Å²) in [5.41, 5.74) is -0.404. The maximum atomic E-state index is 13.4. The van der Waals surface area contributed by atoms with Gasteiger partial charge in [-0.3, -0.25) is 9.59 Å². The summed E-state index contributed by atoms with van der Waals surface area (Å²) in [5, 5.41) is 9.14. The largest absolute Gasteiger partial charge is 0.478 e. The number of carboxylic acids is 1. The first kappa shape index (κ1) is 12.8. The van der Waals surface area contributed by atoms with Gasteiger partial charge in [-0.1, -0.05) is 0 Å². The Morgan fingerprint density at radius 3 is 2.35 bits per heavy atom. The molecule has 3 rings (SSSR count). The predicted octanol–water partition coefficient (Wildman–Crippen LogP) is 1.81. The van der Waals surface area contributed by atoms with Crippen LogP contribution in [0.5, 0.6) is 0 Å². The van der Waals surface area contributed by atoms with Crippen molar-refractivity contribution < 1.29 is 23.9 Å². The number of carboxylic acid groups (broad SMARTS) is 1. The highest BCUT2D eigenvalue weighted by atomic mass is 19.1. The van der Waals surface area contributed by atoms with E-state index in [1.54, 1.807) is 0 Å². The number of hydrogen-bond donors (Lipinski definition) is 1. The van der Waals surface area contributed by atoms with Crippen LogP contribution in [0.15, 0.2) is 18.2 Å². The number of piperidine rings is 1. The first-order chi connectivity index (χ1) is 9.49. The molecule has 2 fully saturated rings. The first-order valence-electron chi connectivity index (χ1n) is 6.39. The summed E-state index contributed by atoms with van der Waals surface area (Å²) in [4.78, 5) is 36.6. The molecule has 2 unspecified atom stereocenters. The van der Waals surface area contributed by atoms with Crippen LogP contribution in [-0.4, -0.2) is 22.9 Å². The van der Waals surface area contributed by atoms with Gasteiger partial charge in [0, 0.05) is 11.8 Å². The summed E-state index contributed by atoms with van der Waals surface area (Å²) in [6.45, 7) is 0. The van der Waals surface area contributed by atoms with Gasteiger partial charge in [0.25, 0.3) is 0 Å². The third-order valence-corrected chi connectivity index (χ3v) is 4.00. The molecule has 0 aromatic heterocycles. The van der Waals surface area contributed by atoms with Crippen molar-refractivity contribution >= 4 is 23.5 Å². The first-order valence-corrected chi connectivity index (χ1v) is 6.39. The van der Waals surface area contributed by atoms with Gasteiger partial charge in [-0.15, -0.1) is 0 Å². The standard InChI is InChI=1S/C14H12FNO4/c15-9-3-4-10(14(19)20)11(6-9)16-12(17)7-1-2-8(5-7)13(16)18/h3-4,6-8H,1-2,5H2,(H,19,20). The lowest BCUT2D eigenvalue weighted by atomic mass is 9.95. The Morgan fingerprint density at radius 1 is 1.20 bits per heavy atom. The van der Waals surface area contributed by atoms with E-state index in [1.807, 2.05) is 0 Å². The summed E-state index contributed by atoms with van der Waals surface area (Å²) < 4.78 is 13.4. The zero-order chi connectivity index (χ0) is 14.4. The molecule has 1 aromatic carbocycles. The van der Waals surface area contributed by atoms with Crippen molar-refractivity contribution in [3.63, 3.8) is 0 Å². The smallest absolute Gasteiger partial charge is 0.337 e. The van der Waals surface area contributed by atoms with Gasteiger partial charge in [0.1, 0.15) is 5.82 Å². The van der Waals surface area contributed by atoms with Crippen molar-refractivity contribution in [2.75, 3.05) is 4.90 Å². The molecule has 1 N–H and O–H groups in total. The van der Waals surface area contributed by atoms with Gasteiger partial charge in [-0.25, -0.2) is 14.1 Å². The Kier molecular flexibility index (Phi) is 2.81. The fraction of sp³-hybridized carbons (Fsp3) is 0.357. The molecule has 2 aliphatic rings. The van der Waals surface area contributed by atoms with Gasteiger partial charge in [0.15, 0.2) is 0 Å². The lowest BCUT2D eigenvalue weighted by molar-refractivity contribution is -0.132. The van der Waals surface area contributed by atoms with Crippen molar-refractivity contribution in [3.05, 3.63) is 29.6 Å². The lowest BCUT2D eigenvalue weighted by Crippen LogP contribution is -2.47. The molecule has 5 nitrogen and oxygen atoms in total. The second kappa shape index (κ2) is 4.40. The van der Waals surface area contributed by atoms with Crippen LogP contribution < -0.4 is 4.90 Å². The van der Waals surface area contributed by atoms with E-state index in [0.717, 1.165) is 23.1 Å². The van der Waals surface area contributed by atoms with Crippen LogP contribution in [0.2, 0.25) is 0 Å². The molecule has 2 atom stereocenters. The summed E-state index contributed by atoms with van der Waals surface area (Å²) in [5.74, 6) is -3.33. The Balaban J connectivity index is 2.12. The molecule has 0 spiro atoms. The van der Waals surface area contributed by atoms with E-state index in [-0.39, 0.29) is 23.1 Å². The van der Waals surface area contributed by atoms with E-state index in [0.29, 0.717) is 19.3 Å². The van der Waals surface area contributed by atoms with Crippen LogP contribution in [0, 0.1) is 17.7 Å². The highest BCUT2D eigenvalue weighted by Gasteiger charge is 2.46. The molecule has 1 saturated heterocycles. The maximum Gasteiger partial charge on any atom is 0.337 e. The van der Waals surface area contributed by atoms with Crippen LogP contribution in [0.1, 0.15) is 29.6 Å². The molecule has 1 aromatic rings. The number of benzene rings is 1. The minimum atomic E-state index is -1.29. The van der Waals surface area contributed by atoms with Crippen molar-refractivity contribution in [3.8, 4) is 0 Å². The zero-order valence-electron chi connectivity index (χ0n) is 10.5. The summed E-state index contributed by atoms with van der Waals surface area (Å²) >= 11 is 0. The summed E-state index contributed by atoms with van der Waals surface area (Å²) in [6.07, 6.45) is 1.78. The highest BCUT2D eigenvalue weighted by molar-refractivity contribution is 6.20. The molecule has 1 saturated carbocycles. The van der Waals surface area contributed by atoms with Gasteiger partial charge < -0.3 is 5.11 Å². The molecular formula is C14H12FNO4. The fourth-order valence-corrected chi connectivity index (χ4v) is 3.01. The molecule has 20 heavy (non-hydrogen) atoms. The SMILES string of the molecule is O=C(O)c1ccc(F)cc1N1C(=O)C2CCC(C2)C1=O. The minimum Gasteiger partial charge on any atom is -0.478 e. The number of anilines is 1. The van der Waals surface area contributed by atoms with Crippen LogP contribution in [0.25, 0.3) is 0 Å². The monoisotopic (exact) mass is 277 g/mol. The van der Waals surface area contributed by atoms with Gasteiger partial charge >= 0.3 is 5.97 Å². The normalized spacial score (nSPS) is 25.1. The van der Waals surface area contributed by atoms with E-state index in [9.17, 15) is 18.8 Å². The topological polar surface area (TPSA) is 74.7 Å². The average Bonchev–Trinajstić information content (AvgIpc) is 2.83. The van der Waals surface area contributed by atoms with Gasteiger partial charge in [0.2, 0.25) is 11.8 Å². The van der Waals surface area contributed by atoms with E-state index in [2.05, 4.69) is 0 Å².